The predicted molar refractivity (Wildman–Crippen MR) is 88.0 cm³/mol. The largest absolute Gasteiger partial charge is 0.433 e. The maximum Gasteiger partial charge on any atom is 0.387 e. The SMILES string of the molecule is CCC(N)(CC)CNS(=O)(=O)c1ccc(OC(F)F)c(Cl)c1.Cl. The molecule has 0 amide bonds. The lowest BCUT2D eigenvalue weighted by atomic mass is 9.95. The van der Waals surface area contributed by atoms with E-state index in [1.807, 2.05) is 13.8 Å². The lowest BCUT2D eigenvalue weighted by Gasteiger charge is -2.26. The third-order valence-electron chi connectivity index (χ3n) is 3.45. The second-order valence-corrected chi connectivity index (χ2v) is 7.04. The molecule has 1 aromatic carbocycles. The molecule has 1 rings (SSSR count). The van der Waals surface area contributed by atoms with Crippen molar-refractivity contribution in [2.45, 2.75) is 43.7 Å². The fourth-order valence-corrected chi connectivity index (χ4v) is 3.12. The molecule has 0 heterocycles. The molecule has 0 atom stereocenters. The van der Waals surface area contributed by atoms with Crippen LogP contribution < -0.4 is 15.2 Å². The zero-order valence-corrected chi connectivity index (χ0v) is 15.1. The summed E-state index contributed by atoms with van der Waals surface area (Å²) in [7, 11) is -3.84. The summed E-state index contributed by atoms with van der Waals surface area (Å²) in [6.07, 6.45) is 1.21. The van der Waals surface area contributed by atoms with Crippen LogP contribution in [-0.4, -0.2) is 27.1 Å². The van der Waals surface area contributed by atoms with E-state index in [1.165, 1.54) is 0 Å². The summed E-state index contributed by atoms with van der Waals surface area (Å²) < 4.78 is 55.2. The van der Waals surface area contributed by atoms with E-state index in [1.54, 1.807) is 0 Å². The number of hydrogen-bond donors (Lipinski definition) is 2. The van der Waals surface area contributed by atoms with Gasteiger partial charge in [0, 0.05) is 12.1 Å². The molecule has 134 valence electrons. The Balaban J connectivity index is 0.00000484. The summed E-state index contributed by atoms with van der Waals surface area (Å²) in [6.45, 7) is 0.760. The Hall–Kier alpha value is -0.670. The number of nitrogens with two attached hydrogens (primary N) is 1. The first-order chi connectivity index (χ1) is 10.1. The zero-order valence-electron chi connectivity index (χ0n) is 12.7. The number of sulfonamides is 1. The molecule has 1 aromatic rings. The van der Waals surface area contributed by atoms with Crippen LogP contribution in [0.15, 0.2) is 23.1 Å². The van der Waals surface area contributed by atoms with Crippen molar-refractivity contribution in [3.63, 3.8) is 0 Å². The third-order valence-corrected chi connectivity index (χ3v) is 5.15. The summed E-state index contributed by atoms with van der Waals surface area (Å²) >= 11 is 5.75. The van der Waals surface area contributed by atoms with E-state index in [-0.39, 0.29) is 34.6 Å². The van der Waals surface area contributed by atoms with Crippen LogP contribution in [-0.2, 0) is 10.0 Å². The number of benzene rings is 1. The zero-order chi connectivity index (χ0) is 17.0. The summed E-state index contributed by atoms with van der Waals surface area (Å²) in [6, 6.07) is 3.28. The van der Waals surface area contributed by atoms with E-state index < -0.39 is 22.2 Å². The molecule has 3 N–H and O–H groups in total. The number of ether oxygens (including phenoxy) is 1. The van der Waals surface area contributed by atoms with Gasteiger partial charge in [-0.1, -0.05) is 25.4 Å². The summed E-state index contributed by atoms with van der Waals surface area (Å²) in [5.41, 5.74) is 5.39. The smallest absolute Gasteiger partial charge is 0.387 e. The molecule has 0 radical (unpaired) electrons. The quantitative estimate of drug-likeness (QED) is 0.711. The van der Waals surface area contributed by atoms with Gasteiger partial charge in [0.1, 0.15) is 5.75 Å². The second-order valence-electron chi connectivity index (χ2n) is 4.86. The van der Waals surface area contributed by atoms with Crippen LogP contribution in [0.2, 0.25) is 5.02 Å². The van der Waals surface area contributed by atoms with Gasteiger partial charge in [0.05, 0.1) is 9.92 Å². The standard InChI is InChI=1S/C13H19ClF2N2O3S.ClH/c1-3-13(17,4-2)8-18-22(19,20)9-5-6-11(10(14)7-9)21-12(15)16;/h5-7,12,18H,3-4,8,17H2,1-2H3;1H. The molecule has 0 aliphatic heterocycles. The minimum atomic E-state index is -3.84. The molecule has 0 spiro atoms. The molecular formula is C13H20Cl2F2N2O3S. The van der Waals surface area contributed by atoms with Gasteiger partial charge in [-0.05, 0) is 31.0 Å². The third kappa shape index (κ3) is 6.39. The average molecular weight is 393 g/mol. The van der Waals surface area contributed by atoms with E-state index in [2.05, 4.69) is 9.46 Å². The number of hydrogen-bond acceptors (Lipinski definition) is 4. The van der Waals surface area contributed by atoms with Crippen molar-refractivity contribution in [1.29, 1.82) is 0 Å². The molecule has 0 aliphatic rings. The Kier molecular flexibility index (Phi) is 8.72. The fraction of sp³-hybridized carbons (Fsp3) is 0.538. The van der Waals surface area contributed by atoms with Gasteiger partial charge in [-0.15, -0.1) is 12.4 Å². The molecule has 0 aromatic heterocycles. The Morgan fingerprint density at radius 3 is 2.35 bits per heavy atom. The van der Waals surface area contributed by atoms with Gasteiger partial charge in [0.15, 0.2) is 0 Å². The molecule has 10 heteroatoms. The van der Waals surface area contributed by atoms with Crippen LogP contribution in [0.1, 0.15) is 26.7 Å². The molecule has 23 heavy (non-hydrogen) atoms. The molecule has 0 aliphatic carbocycles. The van der Waals surface area contributed by atoms with Gasteiger partial charge in [-0.3, -0.25) is 0 Å². The molecule has 0 unspecified atom stereocenters. The average Bonchev–Trinajstić information content (AvgIpc) is 2.46. The lowest BCUT2D eigenvalue weighted by Crippen LogP contribution is -2.49. The maximum absolute atomic E-state index is 12.2. The van der Waals surface area contributed by atoms with Crippen LogP contribution in [0.25, 0.3) is 0 Å². The van der Waals surface area contributed by atoms with E-state index in [9.17, 15) is 17.2 Å². The molecule has 0 bridgehead atoms. The van der Waals surface area contributed by atoms with Crippen LogP contribution in [0, 0.1) is 0 Å². The van der Waals surface area contributed by atoms with E-state index in [0.29, 0.717) is 12.8 Å². The van der Waals surface area contributed by atoms with Crippen LogP contribution >= 0.6 is 24.0 Å². The van der Waals surface area contributed by atoms with Crippen molar-refractivity contribution in [2.75, 3.05) is 6.54 Å². The predicted octanol–water partition coefficient (Wildman–Crippen LogP) is 3.16. The van der Waals surface area contributed by atoms with Gasteiger partial charge in [-0.25, -0.2) is 13.1 Å². The van der Waals surface area contributed by atoms with Crippen LogP contribution in [0.3, 0.4) is 0 Å². The van der Waals surface area contributed by atoms with Gasteiger partial charge in [0.2, 0.25) is 10.0 Å². The van der Waals surface area contributed by atoms with Crippen molar-refractivity contribution in [1.82, 2.24) is 4.72 Å². The van der Waals surface area contributed by atoms with Gasteiger partial charge < -0.3 is 10.5 Å². The van der Waals surface area contributed by atoms with Gasteiger partial charge >= 0.3 is 6.61 Å². The minimum Gasteiger partial charge on any atom is -0.433 e. The lowest BCUT2D eigenvalue weighted by molar-refractivity contribution is -0.0498. The minimum absolute atomic E-state index is 0. The van der Waals surface area contributed by atoms with Crippen molar-refractivity contribution >= 4 is 34.0 Å². The first-order valence-corrected chi connectivity index (χ1v) is 8.52. The summed E-state index contributed by atoms with van der Waals surface area (Å²) in [5.74, 6) is -0.286. The highest BCUT2D eigenvalue weighted by Crippen LogP contribution is 2.28. The van der Waals surface area contributed by atoms with Gasteiger partial charge in [-0.2, -0.15) is 8.78 Å². The number of nitrogens with one attached hydrogen (secondary N) is 1. The Labute approximate surface area is 146 Å². The number of alkyl halides is 2. The van der Waals surface area contributed by atoms with Crippen LogP contribution in [0.4, 0.5) is 8.78 Å². The normalized spacial score (nSPS) is 12.1. The number of rotatable bonds is 8. The van der Waals surface area contributed by atoms with E-state index >= 15 is 0 Å². The monoisotopic (exact) mass is 392 g/mol. The highest BCUT2D eigenvalue weighted by molar-refractivity contribution is 7.89. The van der Waals surface area contributed by atoms with Crippen molar-refractivity contribution < 1.29 is 21.9 Å². The van der Waals surface area contributed by atoms with Gasteiger partial charge in [0.25, 0.3) is 0 Å². The maximum atomic E-state index is 12.2. The summed E-state index contributed by atoms with van der Waals surface area (Å²) in [4.78, 5) is -0.145. The van der Waals surface area contributed by atoms with Crippen molar-refractivity contribution in [3.05, 3.63) is 23.2 Å². The topological polar surface area (TPSA) is 81.4 Å². The van der Waals surface area contributed by atoms with E-state index in [0.717, 1.165) is 18.2 Å². The first-order valence-electron chi connectivity index (χ1n) is 6.66. The first kappa shape index (κ1) is 22.3. The van der Waals surface area contributed by atoms with E-state index in [4.69, 9.17) is 17.3 Å². The highest BCUT2D eigenvalue weighted by atomic mass is 35.5. The van der Waals surface area contributed by atoms with Crippen molar-refractivity contribution in [2.24, 2.45) is 5.73 Å². The molecule has 0 saturated carbocycles. The second kappa shape index (κ2) is 8.98. The van der Waals surface area contributed by atoms with Crippen molar-refractivity contribution in [3.8, 4) is 5.75 Å². The number of halogens is 4. The molecule has 0 fully saturated rings. The highest BCUT2D eigenvalue weighted by Gasteiger charge is 2.24. The molecule has 0 saturated heterocycles. The Morgan fingerprint density at radius 1 is 1.35 bits per heavy atom. The molecule has 5 nitrogen and oxygen atoms in total. The Bertz CT molecular complexity index is 611. The fourth-order valence-electron chi connectivity index (χ4n) is 1.66. The van der Waals surface area contributed by atoms with Crippen LogP contribution in [0.5, 0.6) is 5.75 Å². The molecular weight excluding hydrogens is 373 g/mol. The summed E-state index contributed by atoms with van der Waals surface area (Å²) in [5, 5.41) is -0.215. The Morgan fingerprint density at radius 2 is 1.91 bits per heavy atom.